The number of nitrogens with zero attached hydrogens (tertiary/aromatic N) is 1. The van der Waals surface area contributed by atoms with E-state index in [1.54, 1.807) is 61.5 Å². The molecule has 1 aliphatic rings. The van der Waals surface area contributed by atoms with Crippen molar-refractivity contribution in [3.05, 3.63) is 53.1 Å². The van der Waals surface area contributed by atoms with E-state index >= 15 is 0 Å². The Morgan fingerprint density at radius 1 is 1.21 bits per heavy atom. The highest BCUT2D eigenvalue weighted by atomic mass is 35.5. The van der Waals surface area contributed by atoms with Crippen molar-refractivity contribution in [2.24, 2.45) is 5.92 Å². The van der Waals surface area contributed by atoms with Gasteiger partial charge in [0.2, 0.25) is 0 Å². The van der Waals surface area contributed by atoms with Crippen molar-refractivity contribution in [1.82, 2.24) is 10.2 Å². The van der Waals surface area contributed by atoms with Gasteiger partial charge in [-0.1, -0.05) is 30.7 Å². The molecule has 3 amide bonds. The second kappa shape index (κ2) is 11.4. The maximum Gasteiger partial charge on any atom is 0.323 e. The van der Waals surface area contributed by atoms with Crippen molar-refractivity contribution >= 4 is 34.9 Å². The van der Waals surface area contributed by atoms with Crippen LogP contribution in [0.4, 0.5) is 16.2 Å². The van der Waals surface area contributed by atoms with Gasteiger partial charge in [0.25, 0.3) is 5.91 Å². The number of carbonyl (C=O) groups excluding carboxylic acids is 2. The fourth-order valence-corrected chi connectivity index (χ4v) is 3.76. The van der Waals surface area contributed by atoms with Gasteiger partial charge in [0, 0.05) is 45.0 Å². The summed E-state index contributed by atoms with van der Waals surface area (Å²) in [5, 5.41) is 9.36. The number of ether oxygens (including phenoxy) is 2. The van der Waals surface area contributed by atoms with Gasteiger partial charge in [0.15, 0.2) is 0 Å². The van der Waals surface area contributed by atoms with Gasteiger partial charge >= 0.3 is 6.03 Å². The van der Waals surface area contributed by atoms with Crippen LogP contribution in [-0.4, -0.2) is 62.8 Å². The standard InChI is InChI=1S/C24H31ClN4O4/c1-15-12-26-16(2)14-33-21-11-17(27-24(31)28-20-8-6-5-7-19(20)25)9-10-18(21)23(30)29(3)13-22(15)32-4/h5-11,15-16,22,26H,12-14H2,1-4H3,(H2,27,28,31)/t15-,16+,22+/m0/s1. The Kier molecular flexibility index (Phi) is 8.55. The molecule has 9 heteroatoms. The predicted octanol–water partition coefficient (Wildman–Crippen LogP) is 4.08. The molecule has 0 spiro atoms. The van der Waals surface area contributed by atoms with Crippen LogP contribution in [0.3, 0.4) is 0 Å². The van der Waals surface area contributed by atoms with E-state index < -0.39 is 6.03 Å². The quantitative estimate of drug-likeness (QED) is 0.623. The van der Waals surface area contributed by atoms with Crippen molar-refractivity contribution in [3.8, 4) is 5.75 Å². The molecule has 0 radical (unpaired) electrons. The summed E-state index contributed by atoms with van der Waals surface area (Å²) in [5.74, 6) is 0.445. The van der Waals surface area contributed by atoms with Gasteiger partial charge in [0.05, 0.1) is 22.4 Å². The largest absolute Gasteiger partial charge is 0.491 e. The van der Waals surface area contributed by atoms with Crippen LogP contribution in [0.2, 0.25) is 5.02 Å². The van der Waals surface area contributed by atoms with Crippen molar-refractivity contribution in [2.75, 3.05) is 44.5 Å². The van der Waals surface area contributed by atoms with Gasteiger partial charge in [-0.25, -0.2) is 4.79 Å². The lowest BCUT2D eigenvalue weighted by molar-refractivity contribution is 0.0281. The van der Waals surface area contributed by atoms with E-state index in [0.717, 1.165) is 6.54 Å². The van der Waals surface area contributed by atoms with Gasteiger partial charge in [-0.05, 0) is 37.1 Å². The smallest absolute Gasteiger partial charge is 0.323 e. The maximum atomic E-state index is 13.2. The van der Waals surface area contributed by atoms with Crippen molar-refractivity contribution < 1.29 is 19.1 Å². The van der Waals surface area contributed by atoms with Crippen LogP contribution in [0.25, 0.3) is 0 Å². The molecule has 0 aromatic heterocycles. The minimum atomic E-state index is -0.452. The van der Waals surface area contributed by atoms with Crippen LogP contribution in [0.1, 0.15) is 24.2 Å². The number of urea groups is 1. The van der Waals surface area contributed by atoms with Crippen LogP contribution < -0.4 is 20.7 Å². The van der Waals surface area contributed by atoms with E-state index in [9.17, 15) is 9.59 Å². The van der Waals surface area contributed by atoms with E-state index in [1.165, 1.54) is 0 Å². The summed E-state index contributed by atoms with van der Waals surface area (Å²) in [6.45, 7) is 5.67. The van der Waals surface area contributed by atoms with E-state index in [1.807, 2.05) is 6.92 Å². The Labute approximate surface area is 199 Å². The first-order valence-corrected chi connectivity index (χ1v) is 11.3. The molecule has 1 aliphatic heterocycles. The lowest BCUT2D eigenvalue weighted by Crippen LogP contribution is -2.44. The highest BCUT2D eigenvalue weighted by molar-refractivity contribution is 6.33. The summed E-state index contributed by atoms with van der Waals surface area (Å²) in [4.78, 5) is 27.3. The first-order valence-electron chi connectivity index (χ1n) is 10.9. The maximum absolute atomic E-state index is 13.2. The van der Waals surface area contributed by atoms with E-state index in [2.05, 4.69) is 22.9 Å². The summed E-state index contributed by atoms with van der Waals surface area (Å²) in [7, 11) is 3.41. The van der Waals surface area contributed by atoms with Gasteiger partial charge in [-0.2, -0.15) is 0 Å². The molecule has 178 valence electrons. The fourth-order valence-electron chi connectivity index (χ4n) is 3.58. The number of hydrogen-bond acceptors (Lipinski definition) is 5. The molecule has 3 atom stereocenters. The van der Waals surface area contributed by atoms with E-state index in [0.29, 0.717) is 40.9 Å². The van der Waals surface area contributed by atoms with Crippen LogP contribution in [0, 0.1) is 5.92 Å². The van der Waals surface area contributed by atoms with Crippen LogP contribution in [-0.2, 0) is 4.74 Å². The number of anilines is 2. The Hall–Kier alpha value is -2.81. The molecule has 2 aromatic carbocycles. The van der Waals surface area contributed by atoms with Crippen molar-refractivity contribution in [1.29, 1.82) is 0 Å². The molecule has 3 rings (SSSR count). The third-order valence-corrected chi connectivity index (χ3v) is 5.94. The monoisotopic (exact) mass is 474 g/mol. The number of likely N-dealkylation sites (N-methyl/N-ethyl adjacent to an activating group) is 1. The summed E-state index contributed by atoms with van der Waals surface area (Å²) >= 11 is 6.11. The number of halogens is 1. The zero-order chi connectivity index (χ0) is 24.0. The number of carbonyl (C=O) groups is 2. The first-order chi connectivity index (χ1) is 15.8. The molecule has 8 nitrogen and oxygen atoms in total. The SMILES string of the molecule is CO[C@@H]1CN(C)C(=O)c2ccc(NC(=O)Nc3ccccc3Cl)cc2OC[C@@H](C)NC[C@@H]1C. The summed E-state index contributed by atoms with van der Waals surface area (Å²) in [5.41, 5.74) is 1.41. The predicted molar refractivity (Wildman–Crippen MR) is 130 cm³/mol. The normalized spacial score (nSPS) is 21.8. The molecule has 0 saturated carbocycles. The highest BCUT2D eigenvalue weighted by Gasteiger charge is 2.25. The average molecular weight is 475 g/mol. The number of para-hydroxylation sites is 1. The van der Waals surface area contributed by atoms with Gasteiger partial charge < -0.3 is 30.3 Å². The molecule has 1 heterocycles. The number of rotatable bonds is 3. The number of fused-ring (bicyclic) bond motifs is 1. The molecular formula is C24H31ClN4O4. The highest BCUT2D eigenvalue weighted by Crippen LogP contribution is 2.27. The molecule has 0 saturated heterocycles. The van der Waals surface area contributed by atoms with Gasteiger partial charge in [-0.15, -0.1) is 0 Å². The van der Waals surface area contributed by atoms with Crippen LogP contribution in [0.15, 0.2) is 42.5 Å². The molecule has 0 aliphatic carbocycles. The van der Waals surface area contributed by atoms with Crippen LogP contribution in [0.5, 0.6) is 5.75 Å². The molecule has 3 N–H and O–H groups in total. The van der Waals surface area contributed by atoms with Gasteiger partial charge in [0.1, 0.15) is 12.4 Å². The average Bonchev–Trinajstić information content (AvgIpc) is 2.80. The molecule has 2 aromatic rings. The third-order valence-electron chi connectivity index (χ3n) is 5.61. The Morgan fingerprint density at radius 3 is 2.70 bits per heavy atom. The number of amides is 3. The number of nitrogens with one attached hydrogen (secondary N) is 3. The Morgan fingerprint density at radius 2 is 1.97 bits per heavy atom. The topological polar surface area (TPSA) is 91.9 Å². The summed E-state index contributed by atoms with van der Waals surface area (Å²) in [6, 6.07) is 11.6. The zero-order valence-corrected chi connectivity index (χ0v) is 20.1. The molecule has 33 heavy (non-hydrogen) atoms. The zero-order valence-electron chi connectivity index (χ0n) is 19.4. The second-order valence-electron chi connectivity index (χ2n) is 8.33. The van der Waals surface area contributed by atoms with E-state index in [4.69, 9.17) is 21.1 Å². The minimum Gasteiger partial charge on any atom is -0.491 e. The molecular weight excluding hydrogens is 444 g/mol. The number of hydrogen-bond donors (Lipinski definition) is 3. The molecule has 0 unspecified atom stereocenters. The lowest BCUT2D eigenvalue weighted by Gasteiger charge is -2.30. The Bertz CT molecular complexity index is 987. The first kappa shape index (κ1) is 24.8. The van der Waals surface area contributed by atoms with Crippen LogP contribution >= 0.6 is 11.6 Å². The minimum absolute atomic E-state index is 0.0604. The number of methoxy groups -OCH3 is 1. The third kappa shape index (κ3) is 6.60. The molecule has 0 bridgehead atoms. The van der Waals surface area contributed by atoms with Crippen molar-refractivity contribution in [2.45, 2.75) is 26.0 Å². The van der Waals surface area contributed by atoms with E-state index in [-0.39, 0.29) is 24.0 Å². The fraction of sp³-hybridized carbons (Fsp3) is 0.417. The summed E-state index contributed by atoms with van der Waals surface area (Å²) in [6.07, 6.45) is -0.100. The summed E-state index contributed by atoms with van der Waals surface area (Å²) < 4.78 is 11.6. The lowest BCUT2D eigenvalue weighted by atomic mass is 10.0. The Balaban J connectivity index is 1.81. The van der Waals surface area contributed by atoms with Gasteiger partial charge in [-0.3, -0.25) is 4.79 Å². The number of benzene rings is 2. The molecule has 0 fully saturated rings. The second-order valence-corrected chi connectivity index (χ2v) is 8.73. The van der Waals surface area contributed by atoms with Crippen molar-refractivity contribution in [3.63, 3.8) is 0 Å².